The van der Waals surface area contributed by atoms with Crippen molar-refractivity contribution in [3.8, 4) is 5.75 Å². The van der Waals surface area contributed by atoms with Crippen molar-refractivity contribution in [3.05, 3.63) is 29.3 Å². The van der Waals surface area contributed by atoms with Crippen molar-refractivity contribution in [2.45, 2.75) is 45.8 Å². The fourth-order valence-electron chi connectivity index (χ4n) is 3.23. The van der Waals surface area contributed by atoms with Crippen LogP contribution in [0.1, 0.15) is 49.0 Å². The molecule has 21 heavy (non-hydrogen) atoms. The summed E-state index contributed by atoms with van der Waals surface area (Å²) in [5, 5.41) is 9.07. The lowest BCUT2D eigenvalue weighted by molar-refractivity contribution is -0.00922. The van der Waals surface area contributed by atoms with Gasteiger partial charge in [-0.15, -0.1) is 0 Å². The molecule has 1 saturated carbocycles. The van der Waals surface area contributed by atoms with Gasteiger partial charge in [0.1, 0.15) is 11.3 Å². The molecule has 0 amide bonds. The van der Waals surface area contributed by atoms with Crippen molar-refractivity contribution in [3.63, 3.8) is 0 Å². The van der Waals surface area contributed by atoms with Gasteiger partial charge in [0.05, 0.1) is 19.8 Å². The van der Waals surface area contributed by atoms with Crippen LogP contribution in [0.15, 0.2) is 18.2 Å². The van der Waals surface area contributed by atoms with E-state index >= 15 is 0 Å². The maximum Gasteiger partial charge on any atom is 0.339 e. The minimum absolute atomic E-state index is 0.182. The Bertz CT molecular complexity index is 488. The normalized spacial score (nSPS) is 25.6. The Morgan fingerprint density at radius 3 is 2.48 bits per heavy atom. The fraction of sp³-hybridized carbons (Fsp3) is 0.588. The van der Waals surface area contributed by atoms with Crippen molar-refractivity contribution < 1.29 is 19.4 Å². The number of methoxy groups -OCH3 is 1. The highest BCUT2D eigenvalue weighted by molar-refractivity contribution is 5.90. The van der Waals surface area contributed by atoms with Gasteiger partial charge in [-0.2, -0.15) is 0 Å². The van der Waals surface area contributed by atoms with Gasteiger partial charge >= 0.3 is 5.97 Å². The van der Waals surface area contributed by atoms with Gasteiger partial charge in [-0.1, -0.05) is 19.9 Å². The summed E-state index contributed by atoms with van der Waals surface area (Å²) in [5.74, 6) is 0.827. The van der Waals surface area contributed by atoms with Crippen LogP contribution in [0.5, 0.6) is 5.75 Å². The Morgan fingerprint density at radius 2 is 1.90 bits per heavy atom. The van der Waals surface area contributed by atoms with Gasteiger partial charge in [0.2, 0.25) is 0 Å². The Labute approximate surface area is 126 Å². The molecule has 0 heterocycles. The molecular weight excluding hydrogens is 268 g/mol. The number of carboxylic acids is 1. The molecule has 4 nitrogen and oxygen atoms in total. The van der Waals surface area contributed by atoms with Gasteiger partial charge in [0.25, 0.3) is 0 Å². The maximum atomic E-state index is 11.1. The third-order valence-corrected chi connectivity index (χ3v) is 4.12. The molecule has 2 rings (SSSR count). The molecule has 116 valence electrons. The quantitative estimate of drug-likeness (QED) is 0.898. The lowest BCUT2D eigenvalue weighted by Crippen LogP contribution is -2.26. The Kier molecular flexibility index (Phi) is 5.23. The number of rotatable bonds is 5. The number of hydrogen-bond acceptors (Lipinski definition) is 3. The lowest BCUT2D eigenvalue weighted by Gasteiger charge is -2.31. The average molecular weight is 292 g/mol. The predicted octanol–water partition coefficient (Wildman–Crippen LogP) is 3.73. The minimum atomic E-state index is -0.978. The summed E-state index contributed by atoms with van der Waals surface area (Å²) in [4.78, 5) is 11.1. The molecule has 2 atom stereocenters. The molecule has 0 aliphatic heterocycles. The first-order valence-electron chi connectivity index (χ1n) is 7.51. The lowest BCUT2D eigenvalue weighted by atomic mass is 9.82. The van der Waals surface area contributed by atoms with Crippen molar-refractivity contribution in [1.29, 1.82) is 0 Å². The molecule has 0 radical (unpaired) electrons. The van der Waals surface area contributed by atoms with E-state index in [0.29, 0.717) is 30.3 Å². The van der Waals surface area contributed by atoms with Crippen molar-refractivity contribution in [1.82, 2.24) is 0 Å². The van der Waals surface area contributed by atoms with E-state index in [-0.39, 0.29) is 5.56 Å². The molecule has 4 heteroatoms. The summed E-state index contributed by atoms with van der Waals surface area (Å²) in [6.45, 7) is 5.05. The van der Waals surface area contributed by atoms with Crippen molar-refractivity contribution >= 4 is 5.97 Å². The van der Waals surface area contributed by atoms with E-state index in [1.807, 2.05) is 0 Å². The number of aromatic carboxylic acids is 1. The molecule has 1 N–H and O–H groups in total. The van der Waals surface area contributed by atoms with E-state index in [4.69, 9.17) is 14.6 Å². The van der Waals surface area contributed by atoms with Crippen LogP contribution in [0.3, 0.4) is 0 Å². The standard InChI is InChI=1S/C17H24O4/c1-11-6-12(2)8-14(7-11)21-10-13-4-5-15(17(18)19)16(9-13)20-3/h4-5,9,11-12,14H,6-8,10H2,1-3H3,(H,18,19). The molecule has 0 spiro atoms. The molecule has 2 unspecified atom stereocenters. The van der Waals surface area contributed by atoms with Crippen LogP contribution in [-0.2, 0) is 11.3 Å². The number of carbonyl (C=O) groups is 1. The topological polar surface area (TPSA) is 55.8 Å². The van der Waals surface area contributed by atoms with Gasteiger partial charge in [-0.3, -0.25) is 0 Å². The highest BCUT2D eigenvalue weighted by Crippen LogP contribution is 2.31. The summed E-state index contributed by atoms with van der Waals surface area (Å²) in [6.07, 6.45) is 3.79. The second-order valence-corrected chi connectivity index (χ2v) is 6.19. The molecular formula is C17H24O4. The zero-order chi connectivity index (χ0) is 15.4. The average Bonchev–Trinajstić information content (AvgIpc) is 2.43. The molecule has 1 aliphatic carbocycles. The SMILES string of the molecule is COc1cc(COC2CC(C)CC(C)C2)ccc1C(=O)O. The summed E-state index contributed by atoms with van der Waals surface area (Å²) >= 11 is 0. The van der Waals surface area contributed by atoms with Crippen LogP contribution in [0.4, 0.5) is 0 Å². The first-order chi connectivity index (χ1) is 9.99. The number of ether oxygens (including phenoxy) is 2. The van der Waals surface area contributed by atoms with Crippen LogP contribution in [-0.4, -0.2) is 24.3 Å². The molecule has 1 fully saturated rings. The first-order valence-corrected chi connectivity index (χ1v) is 7.51. The van der Waals surface area contributed by atoms with Crippen LogP contribution >= 0.6 is 0 Å². The van der Waals surface area contributed by atoms with Gasteiger partial charge in [-0.05, 0) is 48.8 Å². The summed E-state index contributed by atoms with van der Waals surface area (Å²) in [5.41, 5.74) is 1.13. The highest BCUT2D eigenvalue weighted by atomic mass is 16.5. The van der Waals surface area contributed by atoms with Crippen molar-refractivity contribution in [2.24, 2.45) is 11.8 Å². The first kappa shape index (κ1) is 15.8. The molecule has 0 bridgehead atoms. The fourth-order valence-corrected chi connectivity index (χ4v) is 3.23. The van der Waals surface area contributed by atoms with Crippen LogP contribution < -0.4 is 4.74 Å². The van der Waals surface area contributed by atoms with E-state index in [9.17, 15) is 4.79 Å². The van der Waals surface area contributed by atoms with Gasteiger partial charge in [0, 0.05) is 0 Å². The number of benzene rings is 1. The van der Waals surface area contributed by atoms with Gasteiger partial charge in [-0.25, -0.2) is 4.79 Å². The van der Waals surface area contributed by atoms with E-state index < -0.39 is 5.97 Å². The molecule has 1 aromatic carbocycles. The highest BCUT2D eigenvalue weighted by Gasteiger charge is 2.24. The summed E-state index contributed by atoms with van der Waals surface area (Å²) < 4.78 is 11.1. The summed E-state index contributed by atoms with van der Waals surface area (Å²) in [6, 6.07) is 5.12. The molecule has 1 aromatic rings. The predicted molar refractivity (Wildman–Crippen MR) is 80.7 cm³/mol. The minimum Gasteiger partial charge on any atom is -0.496 e. The molecule has 0 aromatic heterocycles. The third kappa shape index (κ3) is 4.21. The number of hydrogen-bond donors (Lipinski definition) is 1. The maximum absolute atomic E-state index is 11.1. The smallest absolute Gasteiger partial charge is 0.339 e. The Balaban J connectivity index is 1.98. The van der Waals surface area contributed by atoms with E-state index in [1.165, 1.54) is 13.5 Å². The van der Waals surface area contributed by atoms with Gasteiger partial charge in [0.15, 0.2) is 0 Å². The van der Waals surface area contributed by atoms with Crippen molar-refractivity contribution in [2.75, 3.05) is 7.11 Å². The Hall–Kier alpha value is -1.55. The second-order valence-electron chi connectivity index (χ2n) is 6.19. The van der Waals surface area contributed by atoms with E-state index in [1.54, 1.807) is 18.2 Å². The molecule has 0 saturated heterocycles. The largest absolute Gasteiger partial charge is 0.496 e. The number of carboxylic acid groups (broad SMARTS) is 1. The monoisotopic (exact) mass is 292 g/mol. The second kappa shape index (κ2) is 6.94. The zero-order valence-corrected chi connectivity index (χ0v) is 13.0. The van der Waals surface area contributed by atoms with Gasteiger partial charge < -0.3 is 14.6 Å². The third-order valence-electron chi connectivity index (χ3n) is 4.12. The molecule has 1 aliphatic rings. The van der Waals surface area contributed by atoms with E-state index in [2.05, 4.69) is 13.8 Å². The van der Waals surface area contributed by atoms with Crippen LogP contribution in [0.25, 0.3) is 0 Å². The summed E-state index contributed by atoms with van der Waals surface area (Å²) in [7, 11) is 1.48. The van der Waals surface area contributed by atoms with Crippen LogP contribution in [0, 0.1) is 11.8 Å². The Morgan fingerprint density at radius 1 is 1.24 bits per heavy atom. The van der Waals surface area contributed by atoms with Crippen LogP contribution in [0.2, 0.25) is 0 Å². The van der Waals surface area contributed by atoms with E-state index in [0.717, 1.165) is 18.4 Å². The zero-order valence-electron chi connectivity index (χ0n) is 13.0.